The molecule has 6 rings (SSSR count). The number of fused-ring (bicyclic) bond motifs is 2. The van der Waals surface area contributed by atoms with Crippen LogP contribution in [0, 0.1) is 5.82 Å². The third kappa shape index (κ3) is 4.89. The Morgan fingerprint density at radius 2 is 1.90 bits per heavy atom. The first-order valence-corrected chi connectivity index (χ1v) is 13.2. The van der Waals surface area contributed by atoms with Gasteiger partial charge in [-0.2, -0.15) is 0 Å². The van der Waals surface area contributed by atoms with E-state index in [0.29, 0.717) is 54.0 Å². The lowest BCUT2D eigenvalue weighted by atomic mass is 10.1. The number of anilines is 3. The lowest BCUT2D eigenvalue weighted by molar-refractivity contribution is -0.127. The van der Waals surface area contributed by atoms with E-state index in [0.717, 1.165) is 0 Å². The highest BCUT2D eigenvalue weighted by Gasteiger charge is 2.45. The normalized spacial score (nSPS) is 17.1. The monoisotopic (exact) mass is 577 g/mol. The minimum Gasteiger partial charge on any atom is -0.353 e. The molecule has 2 aromatic heterocycles. The van der Waals surface area contributed by atoms with Crippen LogP contribution in [0.25, 0.3) is 10.9 Å². The number of urea groups is 1. The van der Waals surface area contributed by atoms with Gasteiger partial charge in [0.25, 0.3) is 0 Å². The van der Waals surface area contributed by atoms with Crippen LogP contribution in [0.1, 0.15) is 12.0 Å². The Labute approximate surface area is 238 Å². The van der Waals surface area contributed by atoms with Gasteiger partial charge in [-0.15, -0.1) is 0 Å². The Bertz CT molecular complexity index is 1660. The number of hydrogen-bond donors (Lipinski definition) is 3. The Morgan fingerprint density at radius 1 is 1.10 bits per heavy atom. The second-order valence-corrected chi connectivity index (χ2v) is 10.1. The van der Waals surface area contributed by atoms with E-state index in [1.54, 1.807) is 41.6 Å². The van der Waals surface area contributed by atoms with Crippen molar-refractivity contribution in [2.24, 2.45) is 5.73 Å². The number of halogens is 2. The van der Waals surface area contributed by atoms with Crippen LogP contribution in [-0.4, -0.2) is 68.2 Å². The number of nitrogens with one attached hydrogen (secondary N) is 2. The van der Waals surface area contributed by atoms with Crippen LogP contribution in [0.15, 0.2) is 61.3 Å². The molecule has 2 fully saturated rings. The average Bonchev–Trinajstić information content (AvgIpc) is 3.57. The van der Waals surface area contributed by atoms with Crippen LogP contribution >= 0.6 is 11.6 Å². The summed E-state index contributed by atoms with van der Waals surface area (Å²) in [5.74, 6) is -0.994. The molecule has 0 radical (unpaired) electrons. The lowest BCUT2D eigenvalue weighted by Crippen LogP contribution is -2.61. The summed E-state index contributed by atoms with van der Waals surface area (Å²) in [6.07, 6.45) is 6.60. The first-order valence-electron chi connectivity index (χ1n) is 12.8. The average molecular weight is 578 g/mol. The van der Waals surface area contributed by atoms with E-state index in [1.165, 1.54) is 28.2 Å². The number of aromatic nitrogens is 3. The molecule has 12 nitrogen and oxygen atoms in total. The molecule has 0 aliphatic carbocycles. The number of hydrogen-bond acceptors (Lipinski definition) is 7. The fraction of sp³-hybridized carbons (Fsp3) is 0.222. The summed E-state index contributed by atoms with van der Waals surface area (Å²) >= 11 is 5.86. The summed E-state index contributed by atoms with van der Waals surface area (Å²) in [7, 11) is 0. The number of benzene rings is 2. The quantitative estimate of drug-likeness (QED) is 0.319. The van der Waals surface area contributed by atoms with Crippen LogP contribution < -0.4 is 21.3 Å². The highest BCUT2D eigenvalue weighted by Crippen LogP contribution is 2.35. The molecule has 0 spiro atoms. The highest BCUT2D eigenvalue weighted by atomic mass is 35.5. The van der Waals surface area contributed by atoms with E-state index in [2.05, 4.69) is 20.6 Å². The second kappa shape index (κ2) is 10.7. The summed E-state index contributed by atoms with van der Waals surface area (Å²) in [6, 6.07) is 8.04. The number of nitrogens with zero attached hydrogens (tertiary/aromatic N) is 6. The molecule has 0 bridgehead atoms. The molecular weight excluding hydrogens is 553 g/mol. The maximum atomic E-state index is 14.3. The van der Waals surface area contributed by atoms with E-state index in [-0.39, 0.29) is 17.1 Å². The van der Waals surface area contributed by atoms with E-state index in [1.807, 2.05) is 11.1 Å². The molecule has 4 aromatic rings. The van der Waals surface area contributed by atoms with Gasteiger partial charge in [0.05, 0.1) is 34.3 Å². The molecule has 210 valence electrons. The molecule has 2 aromatic carbocycles. The summed E-state index contributed by atoms with van der Waals surface area (Å²) in [4.78, 5) is 48.9. The molecule has 4 amide bonds. The Hall–Kier alpha value is -4.75. The van der Waals surface area contributed by atoms with Crippen molar-refractivity contribution in [3.8, 4) is 0 Å². The summed E-state index contributed by atoms with van der Waals surface area (Å²) in [5.41, 5.74) is 8.26. The van der Waals surface area contributed by atoms with Crippen molar-refractivity contribution < 1.29 is 18.8 Å². The van der Waals surface area contributed by atoms with E-state index >= 15 is 0 Å². The fourth-order valence-electron chi connectivity index (χ4n) is 5.27. The van der Waals surface area contributed by atoms with Gasteiger partial charge in [-0.3, -0.25) is 14.3 Å². The Morgan fingerprint density at radius 3 is 2.68 bits per heavy atom. The number of carbonyl (C=O) groups is 3. The van der Waals surface area contributed by atoms with E-state index in [9.17, 15) is 18.8 Å². The first kappa shape index (κ1) is 26.5. The Kier molecular flexibility index (Phi) is 6.89. The molecule has 4 heterocycles. The van der Waals surface area contributed by atoms with Gasteiger partial charge in [-0.05, 0) is 30.7 Å². The van der Waals surface area contributed by atoms with Crippen LogP contribution in [0.4, 0.5) is 31.0 Å². The van der Waals surface area contributed by atoms with Crippen molar-refractivity contribution >= 4 is 57.5 Å². The number of rotatable bonds is 6. The molecule has 1 atom stereocenters. The molecule has 0 saturated carbocycles. The number of primary amides is 1. The standard InChI is InChI=1S/C27H25ClFN9O3/c28-20-3-1-2-16(24(20)29)11-33-25(39)21-6-7-35-8-9-36(27(41)38(21)35)23-14-37(26(30)40)22-10-17(4-5-19(22)23)34-18-12-31-15-32-13-18/h1-5,10,12-15,21,34H,6-9,11H2,(H2,30,40)(H,33,39). The van der Waals surface area contributed by atoms with Crippen molar-refractivity contribution in [2.45, 2.75) is 19.0 Å². The number of hydrazine groups is 1. The third-order valence-corrected chi connectivity index (χ3v) is 7.51. The zero-order chi connectivity index (χ0) is 28.7. The molecular formula is C27H25ClFN9O3. The molecule has 2 aliphatic rings. The lowest BCUT2D eigenvalue weighted by Gasteiger charge is -2.41. The minimum atomic E-state index is -0.777. The highest BCUT2D eigenvalue weighted by molar-refractivity contribution is 6.30. The van der Waals surface area contributed by atoms with Gasteiger partial charge in [0.1, 0.15) is 18.2 Å². The van der Waals surface area contributed by atoms with Crippen molar-refractivity contribution in [2.75, 3.05) is 29.9 Å². The molecule has 14 heteroatoms. The van der Waals surface area contributed by atoms with E-state index in [4.69, 9.17) is 17.3 Å². The van der Waals surface area contributed by atoms with Crippen molar-refractivity contribution in [1.29, 1.82) is 0 Å². The van der Waals surface area contributed by atoms with Gasteiger partial charge in [0, 0.05) is 49.0 Å². The van der Waals surface area contributed by atoms with Gasteiger partial charge in [0.15, 0.2) is 0 Å². The minimum absolute atomic E-state index is 0.0299. The SMILES string of the molecule is NC(=O)n1cc(N2CCN3CCC(C(=O)NCc4cccc(Cl)c4F)N3C2=O)c2ccc(Nc3cncnc3)cc21. The van der Waals surface area contributed by atoms with Crippen LogP contribution in [0.5, 0.6) is 0 Å². The first-order chi connectivity index (χ1) is 19.8. The van der Waals surface area contributed by atoms with E-state index < -0.39 is 29.8 Å². The smallest absolute Gasteiger partial charge is 0.339 e. The fourth-order valence-corrected chi connectivity index (χ4v) is 5.47. The number of amides is 4. The number of carbonyl (C=O) groups excluding carboxylic acids is 3. The van der Waals surface area contributed by atoms with Crippen molar-refractivity contribution in [3.05, 3.63) is 77.7 Å². The number of nitrogens with two attached hydrogens (primary N) is 1. The zero-order valence-electron chi connectivity index (χ0n) is 21.6. The van der Waals surface area contributed by atoms with Crippen LogP contribution in [0.2, 0.25) is 5.02 Å². The summed E-state index contributed by atoms with van der Waals surface area (Å²) in [5, 5.41) is 9.79. The predicted octanol–water partition coefficient (Wildman–Crippen LogP) is 3.44. The molecule has 41 heavy (non-hydrogen) atoms. The maximum absolute atomic E-state index is 14.3. The predicted molar refractivity (Wildman–Crippen MR) is 150 cm³/mol. The van der Waals surface area contributed by atoms with Crippen LogP contribution in [0.3, 0.4) is 0 Å². The molecule has 4 N–H and O–H groups in total. The van der Waals surface area contributed by atoms with Gasteiger partial charge in [-0.1, -0.05) is 23.7 Å². The topological polar surface area (TPSA) is 142 Å². The maximum Gasteiger partial charge on any atom is 0.339 e. The van der Waals surface area contributed by atoms with Gasteiger partial charge in [-0.25, -0.2) is 34.0 Å². The van der Waals surface area contributed by atoms with Crippen molar-refractivity contribution in [3.63, 3.8) is 0 Å². The van der Waals surface area contributed by atoms with Gasteiger partial charge in [0.2, 0.25) is 5.91 Å². The van der Waals surface area contributed by atoms with Gasteiger partial charge >= 0.3 is 12.1 Å². The van der Waals surface area contributed by atoms with Gasteiger partial charge < -0.3 is 16.4 Å². The Balaban J connectivity index is 1.25. The molecule has 2 saturated heterocycles. The third-order valence-electron chi connectivity index (χ3n) is 7.22. The second-order valence-electron chi connectivity index (χ2n) is 9.67. The van der Waals surface area contributed by atoms with Crippen LogP contribution in [-0.2, 0) is 11.3 Å². The largest absolute Gasteiger partial charge is 0.353 e. The molecule has 2 aliphatic heterocycles. The summed E-state index contributed by atoms with van der Waals surface area (Å²) < 4.78 is 15.6. The molecule has 1 unspecified atom stereocenters. The zero-order valence-corrected chi connectivity index (χ0v) is 22.4. The summed E-state index contributed by atoms with van der Waals surface area (Å²) in [6.45, 7) is 1.28. The van der Waals surface area contributed by atoms with Crippen molar-refractivity contribution in [1.82, 2.24) is 29.9 Å².